The second-order valence-electron chi connectivity index (χ2n) is 5.08. The number of benzene rings is 1. The average molecular weight is 247 g/mol. The van der Waals surface area contributed by atoms with Gasteiger partial charge in [-0.05, 0) is 36.6 Å². The van der Waals surface area contributed by atoms with Crippen molar-refractivity contribution in [1.29, 1.82) is 0 Å². The molecule has 0 aromatic heterocycles. The van der Waals surface area contributed by atoms with E-state index < -0.39 is 0 Å². The zero-order chi connectivity index (χ0) is 13.1. The highest BCUT2D eigenvalue weighted by atomic mass is 16.2. The topological polar surface area (TPSA) is 58.4 Å². The standard InChI is InChI=1S/C14H21N3O/c1-10(2)11-3-5-13(6-4-11)17-9-12(7-8-15)16-14(17)18/h3-6,10,12H,7-9,15H2,1-2H3,(H,16,18). The highest BCUT2D eigenvalue weighted by Gasteiger charge is 2.28. The molecule has 18 heavy (non-hydrogen) atoms. The Morgan fingerprint density at radius 2 is 2.06 bits per heavy atom. The van der Waals surface area contributed by atoms with Gasteiger partial charge in [-0.25, -0.2) is 4.79 Å². The summed E-state index contributed by atoms with van der Waals surface area (Å²) >= 11 is 0. The first-order chi connectivity index (χ1) is 8.61. The summed E-state index contributed by atoms with van der Waals surface area (Å²) in [7, 11) is 0. The molecule has 1 atom stereocenters. The van der Waals surface area contributed by atoms with E-state index in [9.17, 15) is 4.79 Å². The van der Waals surface area contributed by atoms with Gasteiger partial charge in [-0.3, -0.25) is 4.90 Å². The maximum atomic E-state index is 11.9. The van der Waals surface area contributed by atoms with Crippen molar-refractivity contribution in [3.8, 4) is 0 Å². The Morgan fingerprint density at radius 3 is 2.61 bits per heavy atom. The Bertz CT molecular complexity index is 414. The Morgan fingerprint density at radius 1 is 1.39 bits per heavy atom. The lowest BCUT2D eigenvalue weighted by Crippen LogP contribution is -2.29. The molecule has 2 rings (SSSR count). The maximum Gasteiger partial charge on any atom is 0.322 e. The lowest BCUT2D eigenvalue weighted by Gasteiger charge is -2.16. The van der Waals surface area contributed by atoms with Gasteiger partial charge in [0.25, 0.3) is 0 Å². The number of nitrogens with one attached hydrogen (secondary N) is 1. The Labute approximate surface area is 108 Å². The van der Waals surface area contributed by atoms with Crippen LogP contribution in [-0.2, 0) is 0 Å². The van der Waals surface area contributed by atoms with Crippen LogP contribution < -0.4 is 16.0 Å². The van der Waals surface area contributed by atoms with Gasteiger partial charge in [0.2, 0.25) is 0 Å². The highest BCUT2D eigenvalue weighted by molar-refractivity contribution is 5.94. The van der Waals surface area contributed by atoms with Gasteiger partial charge < -0.3 is 11.1 Å². The third-order valence-corrected chi connectivity index (χ3v) is 3.36. The number of nitrogens with two attached hydrogens (primary N) is 1. The van der Waals surface area contributed by atoms with E-state index in [1.165, 1.54) is 5.56 Å². The van der Waals surface area contributed by atoms with Crippen LogP contribution in [0.15, 0.2) is 24.3 Å². The molecule has 1 heterocycles. The zero-order valence-corrected chi connectivity index (χ0v) is 11.0. The molecule has 0 bridgehead atoms. The quantitative estimate of drug-likeness (QED) is 0.855. The third-order valence-electron chi connectivity index (χ3n) is 3.36. The highest BCUT2D eigenvalue weighted by Crippen LogP contribution is 2.22. The van der Waals surface area contributed by atoms with Gasteiger partial charge in [-0.15, -0.1) is 0 Å². The van der Waals surface area contributed by atoms with Gasteiger partial charge in [-0.2, -0.15) is 0 Å². The van der Waals surface area contributed by atoms with E-state index in [0.29, 0.717) is 19.0 Å². The van der Waals surface area contributed by atoms with Crippen LogP contribution in [0.4, 0.5) is 10.5 Å². The minimum absolute atomic E-state index is 0.0225. The summed E-state index contributed by atoms with van der Waals surface area (Å²) in [6.07, 6.45) is 0.826. The van der Waals surface area contributed by atoms with Crippen molar-refractivity contribution in [2.45, 2.75) is 32.2 Å². The molecular formula is C14H21N3O. The molecule has 2 amide bonds. The number of rotatable bonds is 4. The number of hydrogen-bond acceptors (Lipinski definition) is 2. The molecule has 4 nitrogen and oxygen atoms in total. The molecule has 0 aliphatic carbocycles. The monoisotopic (exact) mass is 247 g/mol. The number of amides is 2. The zero-order valence-electron chi connectivity index (χ0n) is 11.0. The molecule has 1 fully saturated rings. The first-order valence-electron chi connectivity index (χ1n) is 6.50. The summed E-state index contributed by atoms with van der Waals surface area (Å²) < 4.78 is 0. The van der Waals surface area contributed by atoms with Gasteiger partial charge in [0.05, 0.1) is 0 Å². The number of hydrogen-bond donors (Lipinski definition) is 2. The van der Waals surface area contributed by atoms with Crippen molar-refractivity contribution in [3.63, 3.8) is 0 Å². The molecule has 1 unspecified atom stereocenters. The van der Waals surface area contributed by atoms with E-state index in [1.54, 1.807) is 4.90 Å². The SMILES string of the molecule is CC(C)c1ccc(N2CC(CCN)NC2=O)cc1. The molecular weight excluding hydrogens is 226 g/mol. The summed E-state index contributed by atoms with van der Waals surface area (Å²) in [4.78, 5) is 13.6. The minimum atomic E-state index is -0.0225. The maximum absolute atomic E-state index is 11.9. The smallest absolute Gasteiger partial charge is 0.322 e. The molecule has 1 saturated heterocycles. The normalized spacial score (nSPS) is 19.4. The fourth-order valence-electron chi connectivity index (χ4n) is 2.23. The van der Waals surface area contributed by atoms with E-state index >= 15 is 0 Å². The number of nitrogens with zero attached hydrogens (tertiary/aromatic N) is 1. The number of carbonyl (C=O) groups excluding carboxylic acids is 1. The van der Waals surface area contributed by atoms with Crippen molar-refractivity contribution >= 4 is 11.7 Å². The van der Waals surface area contributed by atoms with Gasteiger partial charge in [-0.1, -0.05) is 26.0 Å². The number of urea groups is 1. The first-order valence-corrected chi connectivity index (χ1v) is 6.50. The summed E-state index contributed by atoms with van der Waals surface area (Å²) in [6, 6.07) is 8.35. The molecule has 3 N–H and O–H groups in total. The fraction of sp³-hybridized carbons (Fsp3) is 0.500. The summed E-state index contributed by atoms with van der Waals surface area (Å²) in [6.45, 7) is 5.63. The molecule has 4 heteroatoms. The molecule has 0 radical (unpaired) electrons. The van der Waals surface area contributed by atoms with Crippen LogP contribution in [0.5, 0.6) is 0 Å². The van der Waals surface area contributed by atoms with Crippen LogP contribution in [0.25, 0.3) is 0 Å². The van der Waals surface area contributed by atoms with Crippen molar-refractivity contribution in [2.24, 2.45) is 5.73 Å². The van der Waals surface area contributed by atoms with Crippen molar-refractivity contribution in [1.82, 2.24) is 5.32 Å². The molecule has 0 saturated carbocycles. The molecule has 0 spiro atoms. The van der Waals surface area contributed by atoms with Gasteiger partial charge >= 0.3 is 6.03 Å². The summed E-state index contributed by atoms with van der Waals surface area (Å²) in [5, 5.41) is 2.95. The van der Waals surface area contributed by atoms with Crippen LogP contribution in [0.3, 0.4) is 0 Å². The molecule has 1 aliphatic heterocycles. The van der Waals surface area contributed by atoms with Crippen LogP contribution >= 0.6 is 0 Å². The lowest BCUT2D eigenvalue weighted by atomic mass is 10.0. The van der Waals surface area contributed by atoms with E-state index in [1.807, 2.05) is 12.1 Å². The van der Waals surface area contributed by atoms with Crippen LogP contribution in [-0.4, -0.2) is 25.2 Å². The first kappa shape index (κ1) is 12.9. The van der Waals surface area contributed by atoms with Gasteiger partial charge in [0.15, 0.2) is 0 Å². The van der Waals surface area contributed by atoms with Crippen molar-refractivity contribution in [2.75, 3.05) is 18.0 Å². The van der Waals surface area contributed by atoms with Crippen LogP contribution in [0.1, 0.15) is 31.7 Å². The average Bonchev–Trinajstić information content (AvgIpc) is 2.71. The van der Waals surface area contributed by atoms with Crippen molar-refractivity contribution in [3.05, 3.63) is 29.8 Å². The summed E-state index contributed by atoms with van der Waals surface area (Å²) in [5.41, 5.74) is 7.77. The Kier molecular flexibility index (Phi) is 3.87. The Hall–Kier alpha value is -1.55. The Balaban J connectivity index is 2.09. The van der Waals surface area contributed by atoms with Gasteiger partial charge in [0.1, 0.15) is 0 Å². The predicted molar refractivity (Wildman–Crippen MR) is 73.9 cm³/mol. The predicted octanol–water partition coefficient (Wildman–Crippen LogP) is 2.06. The fourth-order valence-corrected chi connectivity index (χ4v) is 2.23. The minimum Gasteiger partial charge on any atom is -0.333 e. The van der Waals surface area contributed by atoms with Crippen molar-refractivity contribution < 1.29 is 4.79 Å². The van der Waals surface area contributed by atoms with E-state index in [-0.39, 0.29) is 12.1 Å². The second kappa shape index (κ2) is 5.40. The molecule has 1 aromatic rings. The van der Waals surface area contributed by atoms with E-state index in [4.69, 9.17) is 5.73 Å². The molecule has 98 valence electrons. The lowest BCUT2D eigenvalue weighted by molar-refractivity contribution is 0.250. The molecule has 1 aromatic carbocycles. The second-order valence-corrected chi connectivity index (χ2v) is 5.08. The van der Waals surface area contributed by atoms with Crippen LogP contribution in [0, 0.1) is 0 Å². The number of anilines is 1. The summed E-state index contributed by atoms with van der Waals surface area (Å²) in [5.74, 6) is 0.511. The van der Waals surface area contributed by atoms with Crippen LogP contribution in [0.2, 0.25) is 0 Å². The van der Waals surface area contributed by atoms with E-state index in [0.717, 1.165) is 12.1 Å². The third kappa shape index (κ3) is 2.64. The van der Waals surface area contributed by atoms with E-state index in [2.05, 4.69) is 31.3 Å². The molecule has 1 aliphatic rings. The van der Waals surface area contributed by atoms with Gasteiger partial charge in [0, 0.05) is 18.3 Å². The number of carbonyl (C=O) groups is 1. The largest absolute Gasteiger partial charge is 0.333 e.